The lowest BCUT2D eigenvalue weighted by atomic mass is 10.1. The van der Waals surface area contributed by atoms with Crippen molar-refractivity contribution in [2.75, 3.05) is 20.1 Å². The van der Waals surface area contributed by atoms with E-state index in [0.29, 0.717) is 0 Å². The quantitative estimate of drug-likeness (QED) is 0.179. The molecule has 0 unspecified atom stereocenters. The SMILES string of the molecule is CN=C(NCCc1c[nH]c2ccccc12)NCCc1c[nH]c2cc(F)ccc12.I. The summed E-state index contributed by atoms with van der Waals surface area (Å²) in [6.45, 7) is 1.55. The number of halogens is 2. The Kier molecular flexibility index (Phi) is 7.13. The van der Waals surface area contributed by atoms with Gasteiger partial charge in [-0.05, 0) is 48.2 Å². The molecule has 0 radical (unpaired) electrons. The van der Waals surface area contributed by atoms with Crippen LogP contribution in [0.2, 0.25) is 0 Å². The van der Waals surface area contributed by atoms with Gasteiger partial charge in [-0.3, -0.25) is 4.99 Å². The fourth-order valence-corrected chi connectivity index (χ4v) is 3.56. The highest BCUT2D eigenvalue weighted by atomic mass is 127. The van der Waals surface area contributed by atoms with Gasteiger partial charge in [0.25, 0.3) is 0 Å². The maximum Gasteiger partial charge on any atom is 0.190 e. The van der Waals surface area contributed by atoms with Crippen molar-refractivity contribution in [2.24, 2.45) is 4.99 Å². The second-order valence-corrected chi connectivity index (χ2v) is 6.79. The number of nitrogens with one attached hydrogen (secondary N) is 4. The number of guanidine groups is 1. The molecule has 29 heavy (non-hydrogen) atoms. The van der Waals surface area contributed by atoms with Gasteiger partial charge in [-0.2, -0.15) is 0 Å². The predicted octanol–water partition coefficient (Wildman–Crippen LogP) is 4.36. The minimum absolute atomic E-state index is 0. The Bertz CT molecular complexity index is 1110. The third kappa shape index (κ3) is 4.90. The minimum atomic E-state index is -0.223. The molecular formula is C22H25FIN5. The molecule has 152 valence electrons. The van der Waals surface area contributed by atoms with E-state index in [1.807, 2.05) is 18.3 Å². The van der Waals surface area contributed by atoms with Crippen molar-refractivity contribution in [3.8, 4) is 0 Å². The molecule has 4 aromatic rings. The Morgan fingerprint density at radius 3 is 2.21 bits per heavy atom. The lowest BCUT2D eigenvalue weighted by Gasteiger charge is -2.11. The molecule has 2 aromatic heterocycles. The standard InChI is InChI=1S/C22H24FN5.HI/c1-24-22(25-10-8-15-13-27-20-5-3-2-4-18(15)20)26-11-9-16-14-28-21-12-17(23)6-7-19(16)21;/h2-7,12-14,27-28H,8-11H2,1H3,(H2,24,25,26);1H. The van der Waals surface area contributed by atoms with Gasteiger partial charge < -0.3 is 20.6 Å². The van der Waals surface area contributed by atoms with Crippen molar-refractivity contribution in [1.29, 1.82) is 0 Å². The highest BCUT2D eigenvalue weighted by Gasteiger charge is 2.06. The Hall–Kier alpha value is -2.55. The molecule has 0 aliphatic carbocycles. The van der Waals surface area contributed by atoms with Crippen LogP contribution in [0.4, 0.5) is 4.39 Å². The van der Waals surface area contributed by atoms with Crippen LogP contribution in [0.15, 0.2) is 59.9 Å². The van der Waals surface area contributed by atoms with Crippen molar-refractivity contribution in [3.63, 3.8) is 0 Å². The molecule has 5 nitrogen and oxygen atoms in total. The Morgan fingerprint density at radius 1 is 0.897 bits per heavy atom. The van der Waals surface area contributed by atoms with Crippen molar-refractivity contribution < 1.29 is 4.39 Å². The molecule has 2 heterocycles. The number of benzene rings is 2. The zero-order valence-electron chi connectivity index (χ0n) is 16.3. The minimum Gasteiger partial charge on any atom is -0.361 e. The van der Waals surface area contributed by atoms with Crippen LogP contribution in [-0.2, 0) is 12.8 Å². The number of hydrogen-bond donors (Lipinski definition) is 4. The summed E-state index contributed by atoms with van der Waals surface area (Å²) in [6.07, 6.45) is 5.76. The first-order chi connectivity index (χ1) is 13.7. The number of rotatable bonds is 6. The summed E-state index contributed by atoms with van der Waals surface area (Å²) in [7, 11) is 1.77. The van der Waals surface area contributed by atoms with E-state index in [9.17, 15) is 4.39 Å². The van der Waals surface area contributed by atoms with Gasteiger partial charge in [-0.25, -0.2) is 4.39 Å². The van der Waals surface area contributed by atoms with Gasteiger partial charge in [0.2, 0.25) is 0 Å². The average Bonchev–Trinajstić information content (AvgIpc) is 3.31. The van der Waals surface area contributed by atoms with Crippen LogP contribution in [-0.4, -0.2) is 36.1 Å². The first kappa shape index (κ1) is 21.2. The Balaban J connectivity index is 0.00000240. The maximum atomic E-state index is 13.3. The van der Waals surface area contributed by atoms with Crippen LogP contribution < -0.4 is 10.6 Å². The van der Waals surface area contributed by atoms with Crippen molar-refractivity contribution >= 4 is 51.7 Å². The first-order valence-corrected chi connectivity index (χ1v) is 9.49. The summed E-state index contributed by atoms with van der Waals surface area (Å²) in [5.74, 6) is 0.560. The van der Waals surface area contributed by atoms with Crippen molar-refractivity contribution in [2.45, 2.75) is 12.8 Å². The molecule has 4 rings (SSSR count). The molecule has 0 fully saturated rings. The van der Waals surface area contributed by atoms with Crippen molar-refractivity contribution in [1.82, 2.24) is 20.6 Å². The smallest absolute Gasteiger partial charge is 0.190 e. The predicted molar refractivity (Wildman–Crippen MR) is 129 cm³/mol. The normalized spacial score (nSPS) is 11.6. The lowest BCUT2D eigenvalue weighted by Crippen LogP contribution is -2.39. The summed E-state index contributed by atoms with van der Waals surface area (Å²) in [4.78, 5) is 10.7. The lowest BCUT2D eigenvalue weighted by molar-refractivity contribution is 0.629. The summed E-state index contributed by atoms with van der Waals surface area (Å²) < 4.78 is 13.3. The van der Waals surface area contributed by atoms with E-state index in [0.717, 1.165) is 48.4 Å². The molecule has 0 aliphatic heterocycles. The monoisotopic (exact) mass is 505 g/mol. The van der Waals surface area contributed by atoms with E-state index in [4.69, 9.17) is 0 Å². The fraction of sp³-hybridized carbons (Fsp3) is 0.227. The van der Waals surface area contributed by atoms with Gasteiger partial charge in [0.15, 0.2) is 5.96 Å². The van der Waals surface area contributed by atoms with Crippen LogP contribution in [0.1, 0.15) is 11.1 Å². The zero-order chi connectivity index (χ0) is 19.3. The average molecular weight is 505 g/mol. The number of aromatic amines is 2. The van der Waals surface area contributed by atoms with Gasteiger partial charge >= 0.3 is 0 Å². The molecule has 0 spiro atoms. The number of aromatic nitrogens is 2. The molecule has 0 saturated carbocycles. The van der Waals surface area contributed by atoms with Gasteiger partial charge in [0.05, 0.1) is 0 Å². The number of nitrogens with zero attached hydrogens (tertiary/aromatic N) is 1. The summed E-state index contributed by atoms with van der Waals surface area (Å²) in [6, 6.07) is 13.2. The summed E-state index contributed by atoms with van der Waals surface area (Å²) >= 11 is 0. The van der Waals surface area contributed by atoms with Crippen LogP contribution >= 0.6 is 24.0 Å². The number of aliphatic imine (C=N–C) groups is 1. The highest BCUT2D eigenvalue weighted by molar-refractivity contribution is 14.0. The van der Waals surface area contributed by atoms with E-state index in [-0.39, 0.29) is 29.8 Å². The number of para-hydroxylation sites is 1. The molecule has 0 atom stereocenters. The second kappa shape index (κ2) is 9.78. The fourth-order valence-electron chi connectivity index (χ4n) is 3.56. The summed E-state index contributed by atoms with van der Waals surface area (Å²) in [5.41, 5.74) is 4.45. The van der Waals surface area contributed by atoms with Gasteiger partial charge in [-0.15, -0.1) is 24.0 Å². The molecule has 0 bridgehead atoms. The molecule has 0 amide bonds. The van der Waals surface area contributed by atoms with Gasteiger partial charge in [-0.1, -0.05) is 18.2 Å². The molecule has 0 saturated heterocycles. The molecule has 2 aromatic carbocycles. The third-order valence-corrected chi connectivity index (χ3v) is 5.00. The number of fused-ring (bicyclic) bond motifs is 2. The van der Waals surface area contributed by atoms with Crippen LogP contribution in [0.3, 0.4) is 0 Å². The molecule has 0 aliphatic rings. The van der Waals surface area contributed by atoms with E-state index >= 15 is 0 Å². The Morgan fingerprint density at radius 2 is 1.52 bits per heavy atom. The maximum absolute atomic E-state index is 13.3. The van der Waals surface area contributed by atoms with E-state index in [2.05, 4.69) is 50.0 Å². The van der Waals surface area contributed by atoms with Crippen LogP contribution in [0.5, 0.6) is 0 Å². The van der Waals surface area contributed by atoms with Crippen LogP contribution in [0.25, 0.3) is 21.8 Å². The van der Waals surface area contributed by atoms with E-state index in [1.165, 1.54) is 28.6 Å². The summed E-state index contributed by atoms with van der Waals surface area (Å²) in [5, 5.41) is 9.04. The van der Waals surface area contributed by atoms with E-state index < -0.39 is 0 Å². The van der Waals surface area contributed by atoms with Gasteiger partial charge in [0, 0.05) is 54.3 Å². The largest absolute Gasteiger partial charge is 0.361 e. The van der Waals surface area contributed by atoms with Crippen LogP contribution in [0, 0.1) is 5.82 Å². The third-order valence-electron chi connectivity index (χ3n) is 5.00. The second-order valence-electron chi connectivity index (χ2n) is 6.79. The van der Waals surface area contributed by atoms with Gasteiger partial charge in [0.1, 0.15) is 5.82 Å². The first-order valence-electron chi connectivity index (χ1n) is 9.49. The Labute approximate surface area is 186 Å². The van der Waals surface area contributed by atoms with E-state index in [1.54, 1.807) is 7.05 Å². The highest BCUT2D eigenvalue weighted by Crippen LogP contribution is 2.19. The molecule has 7 heteroatoms. The molecule has 4 N–H and O–H groups in total. The zero-order valence-corrected chi connectivity index (χ0v) is 18.6. The molecular weight excluding hydrogens is 480 g/mol. The topological polar surface area (TPSA) is 68.0 Å². The van der Waals surface area contributed by atoms with Crippen molar-refractivity contribution in [3.05, 3.63) is 71.8 Å². The number of H-pyrrole nitrogens is 2. The number of hydrogen-bond acceptors (Lipinski definition) is 1.